The van der Waals surface area contributed by atoms with E-state index in [4.69, 9.17) is 5.73 Å². The third-order valence-electron chi connectivity index (χ3n) is 3.32. The summed E-state index contributed by atoms with van der Waals surface area (Å²) in [6.45, 7) is 7.52. The van der Waals surface area contributed by atoms with E-state index in [-0.39, 0.29) is 17.7 Å². The van der Waals surface area contributed by atoms with Gasteiger partial charge in [-0.1, -0.05) is 33.6 Å². The van der Waals surface area contributed by atoms with Gasteiger partial charge in [0.1, 0.15) is 0 Å². The van der Waals surface area contributed by atoms with Gasteiger partial charge in [0, 0.05) is 25.4 Å². The Labute approximate surface area is 123 Å². The Morgan fingerprint density at radius 2 is 1.70 bits per heavy atom. The van der Waals surface area contributed by atoms with Gasteiger partial charge in [-0.3, -0.25) is 9.59 Å². The highest BCUT2D eigenvalue weighted by molar-refractivity contribution is 5.78. The molecule has 0 radical (unpaired) electrons. The fourth-order valence-corrected chi connectivity index (χ4v) is 2.09. The predicted molar refractivity (Wildman–Crippen MR) is 82.2 cm³/mol. The molecular formula is C15H31N3O2. The highest BCUT2D eigenvalue weighted by Crippen LogP contribution is 2.16. The molecule has 0 heterocycles. The Morgan fingerprint density at radius 3 is 2.25 bits per heavy atom. The van der Waals surface area contributed by atoms with Crippen LogP contribution in [-0.4, -0.2) is 31.4 Å². The van der Waals surface area contributed by atoms with Gasteiger partial charge in [-0.2, -0.15) is 0 Å². The average Bonchev–Trinajstić information content (AvgIpc) is 2.41. The van der Waals surface area contributed by atoms with E-state index in [1.807, 2.05) is 13.8 Å². The first-order valence-corrected chi connectivity index (χ1v) is 7.75. The first kappa shape index (κ1) is 18.9. The molecule has 0 rings (SSSR count). The zero-order valence-electron chi connectivity index (χ0n) is 13.2. The second-order valence-corrected chi connectivity index (χ2v) is 5.57. The van der Waals surface area contributed by atoms with Crippen molar-refractivity contribution in [3.8, 4) is 0 Å². The van der Waals surface area contributed by atoms with Gasteiger partial charge in [0.2, 0.25) is 11.8 Å². The average molecular weight is 285 g/mol. The predicted octanol–water partition coefficient (Wildman–Crippen LogP) is 1.42. The summed E-state index contributed by atoms with van der Waals surface area (Å²) in [5.74, 6) is 0.611. The molecule has 0 fully saturated rings. The van der Waals surface area contributed by atoms with Crippen LogP contribution < -0.4 is 16.4 Å². The van der Waals surface area contributed by atoms with Crippen LogP contribution in [0.25, 0.3) is 0 Å². The van der Waals surface area contributed by atoms with Gasteiger partial charge < -0.3 is 16.4 Å². The van der Waals surface area contributed by atoms with E-state index in [9.17, 15) is 9.59 Å². The van der Waals surface area contributed by atoms with Gasteiger partial charge in [-0.05, 0) is 25.3 Å². The molecule has 4 N–H and O–H groups in total. The van der Waals surface area contributed by atoms with Gasteiger partial charge >= 0.3 is 0 Å². The zero-order valence-corrected chi connectivity index (χ0v) is 13.2. The maximum absolute atomic E-state index is 11.7. The quantitative estimate of drug-likeness (QED) is 0.502. The SMILES string of the molecule is CCCC(CCN)CCC(=O)NCCNC(=O)C(C)C. The topological polar surface area (TPSA) is 84.2 Å². The Kier molecular flexibility index (Phi) is 11.1. The zero-order chi connectivity index (χ0) is 15.4. The van der Waals surface area contributed by atoms with Crippen molar-refractivity contribution in [1.29, 1.82) is 0 Å². The Balaban J connectivity index is 3.69. The largest absolute Gasteiger partial charge is 0.354 e. The molecule has 5 nitrogen and oxygen atoms in total. The van der Waals surface area contributed by atoms with E-state index in [0.717, 1.165) is 25.7 Å². The molecule has 0 spiro atoms. The van der Waals surface area contributed by atoms with E-state index in [1.54, 1.807) is 0 Å². The Hall–Kier alpha value is -1.10. The molecule has 2 amide bonds. The minimum atomic E-state index is -0.0169. The van der Waals surface area contributed by atoms with Crippen molar-refractivity contribution < 1.29 is 9.59 Å². The van der Waals surface area contributed by atoms with Gasteiger partial charge in [-0.25, -0.2) is 0 Å². The molecule has 5 heteroatoms. The summed E-state index contributed by atoms with van der Waals surface area (Å²) in [7, 11) is 0. The maximum atomic E-state index is 11.7. The summed E-state index contributed by atoms with van der Waals surface area (Å²) in [6.07, 6.45) is 4.70. The van der Waals surface area contributed by atoms with E-state index < -0.39 is 0 Å². The molecule has 20 heavy (non-hydrogen) atoms. The van der Waals surface area contributed by atoms with Crippen LogP contribution in [0, 0.1) is 11.8 Å². The lowest BCUT2D eigenvalue weighted by atomic mass is 9.94. The van der Waals surface area contributed by atoms with E-state index in [2.05, 4.69) is 17.6 Å². The molecule has 1 unspecified atom stereocenters. The van der Waals surface area contributed by atoms with Crippen molar-refractivity contribution in [3.05, 3.63) is 0 Å². The van der Waals surface area contributed by atoms with Crippen LogP contribution in [0.2, 0.25) is 0 Å². The van der Waals surface area contributed by atoms with Crippen LogP contribution in [0.4, 0.5) is 0 Å². The van der Waals surface area contributed by atoms with Gasteiger partial charge in [0.25, 0.3) is 0 Å². The summed E-state index contributed by atoms with van der Waals surface area (Å²) in [5, 5.41) is 5.60. The van der Waals surface area contributed by atoms with Crippen molar-refractivity contribution in [2.75, 3.05) is 19.6 Å². The van der Waals surface area contributed by atoms with Crippen molar-refractivity contribution in [2.24, 2.45) is 17.6 Å². The number of nitrogens with one attached hydrogen (secondary N) is 2. The van der Waals surface area contributed by atoms with E-state index in [1.165, 1.54) is 0 Å². The number of rotatable bonds is 11. The number of hydrogen-bond donors (Lipinski definition) is 3. The van der Waals surface area contributed by atoms with Crippen molar-refractivity contribution in [1.82, 2.24) is 10.6 Å². The molecule has 0 aromatic carbocycles. The summed E-state index contributed by atoms with van der Waals surface area (Å²) in [6, 6.07) is 0. The Morgan fingerprint density at radius 1 is 1.05 bits per heavy atom. The second kappa shape index (κ2) is 11.7. The standard InChI is InChI=1S/C15H31N3O2/c1-4-5-13(8-9-16)6-7-14(19)17-10-11-18-15(20)12(2)3/h12-13H,4-11,16H2,1-3H3,(H,17,19)(H,18,20). The molecule has 0 saturated heterocycles. The molecule has 0 aliphatic rings. The number of nitrogens with two attached hydrogens (primary N) is 1. The molecule has 0 aromatic heterocycles. The summed E-state index contributed by atoms with van der Waals surface area (Å²) in [4.78, 5) is 23.0. The molecule has 0 bridgehead atoms. The van der Waals surface area contributed by atoms with E-state index in [0.29, 0.717) is 32.0 Å². The maximum Gasteiger partial charge on any atom is 0.222 e. The number of hydrogen-bond acceptors (Lipinski definition) is 3. The molecule has 1 atom stereocenters. The van der Waals surface area contributed by atoms with E-state index >= 15 is 0 Å². The molecule has 0 saturated carbocycles. The minimum absolute atomic E-state index is 0.0169. The van der Waals surface area contributed by atoms with Crippen LogP contribution in [0.15, 0.2) is 0 Å². The first-order valence-electron chi connectivity index (χ1n) is 7.75. The number of carbonyl (C=O) groups is 2. The number of carbonyl (C=O) groups excluding carboxylic acids is 2. The smallest absolute Gasteiger partial charge is 0.222 e. The van der Waals surface area contributed by atoms with Crippen LogP contribution in [0.1, 0.15) is 52.9 Å². The van der Waals surface area contributed by atoms with Gasteiger partial charge in [0.15, 0.2) is 0 Å². The van der Waals surface area contributed by atoms with Gasteiger partial charge in [0.05, 0.1) is 0 Å². The van der Waals surface area contributed by atoms with Crippen LogP contribution in [-0.2, 0) is 9.59 Å². The lowest BCUT2D eigenvalue weighted by molar-refractivity contribution is -0.124. The molecule has 0 aromatic rings. The molecule has 0 aliphatic heterocycles. The molecule has 118 valence electrons. The fourth-order valence-electron chi connectivity index (χ4n) is 2.09. The highest BCUT2D eigenvalue weighted by Gasteiger charge is 2.10. The molecule has 0 aliphatic carbocycles. The normalized spacial score (nSPS) is 12.2. The monoisotopic (exact) mass is 285 g/mol. The third kappa shape index (κ3) is 9.78. The van der Waals surface area contributed by atoms with Crippen molar-refractivity contribution in [2.45, 2.75) is 52.9 Å². The van der Waals surface area contributed by atoms with Crippen molar-refractivity contribution in [3.63, 3.8) is 0 Å². The highest BCUT2D eigenvalue weighted by atomic mass is 16.2. The third-order valence-corrected chi connectivity index (χ3v) is 3.32. The first-order chi connectivity index (χ1) is 9.51. The van der Waals surface area contributed by atoms with Crippen molar-refractivity contribution >= 4 is 11.8 Å². The summed E-state index contributed by atoms with van der Waals surface area (Å²) >= 11 is 0. The lowest BCUT2D eigenvalue weighted by Crippen LogP contribution is -2.36. The van der Waals surface area contributed by atoms with Gasteiger partial charge in [-0.15, -0.1) is 0 Å². The molecular weight excluding hydrogens is 254 g/mol. The second-order valence-electron chi connectivity index (χ2n) is 5.57. The summed E-state index contributed by atoms with van der Waals surface area (Å²) in [5.41, 5.74) is 5.58. The van der Waals surface area contributed by atoms with Crippen LogP contribution in [0.5, 0.6) is 0 Å². The fraction of sp³-hybridized carbons (Fsp3) is 0.867. The van der Waals surface area contributed by atoms with Crippen LogP contribution in [0.3, 0.4) is 0 Å². The lowest BCUT2D eigenvalue weighted by Gasteiger charge is -2.14. The number of amides is 2. The summed E-state index contributed by atoms with van der Waals surface area (Å²) < 4.78 is 0. The Bertz CT molecular complexity index is 274. The minimum Gasteiger partial charge on any atom is -0.354 e. The van der Waals surface area contributed by atoms with Crippen LogP contribution >= 0.6 is 0 Å².